The van der Waals surface area contributed by atoms with Gasteiger partial charge in [-0.2, -0.15) is 4.98 Å². The predicted molar refractivity (Wildman–Crippen MR) is 80.2 cm³/mol. The fraction of sp³-hybridized carbons (Fsp3) is 0.667. The van der Waals surface area contributed by atoms with Crippen LogP contribution in [0.25, 0.3) is 0 Å². The molecule has 2 heterocycles. The monoisotopic (exact) mass is 295 g/mol. The second kappa shape index (κ2) is 6.19. The molecule has 1 aromatic heterocycles. The van der Waals surface area contributed by atoms with Crippen molar-refractivity contribution in [3.63, 3.8) is 0 Å². The van der Waals surface area contributed by atoms with Crippen molar-refractivity contribution in [1.29, 1.82) is 0 Å². The Morgan fingerprint density at radius 3 is 2.48 bits per heavy atom. The molecule has 9 heteroatoms. The first kappa shape index (κ1) is 15.4. The number of aromatic nitrogens is 2. The minimum absolute atomic E-state index is 0.0442. The van der Waals surface area contributed by atoms with Crippen molar-refractivity contribution in [3.8, 4) is 0 Å². The zero-order valence-corrected chi connectivity index (χ0v) is 12.5. The molecule has 0 spiro atoms. The highest BCUT2D eigenvalue weighted by molar-refractivity contribution is 5.62. The maximum atomic E-state index is 11.3. The maximum absolute atomic E-state index is 11.3. The van der Waals surface area contributed by atoms with Crippen LogP contribution in [0.15, 0.2) is 0 Å². The fourth-order valence-electron chi connectivity index (χ4n) is 2.64. The Labute approximate surface area is 123 Å². The molecule has 0 aromatic carbocycles. The number of hydrogen-bond donors (Lipinski definition) is 2. The zero-order chi connectivity index (χ0) is 15.6. The molecule has 0 unspecified atom stereocenters. The zero-order valence-electron chi connectivity index (χ0n) is 12.5. The Balaban J connectivity index is 2.30. The van der Waals surface area contributed by atoms with E-state index in [1.807, 2.05) is 19.0 Å². The van der Waals surface area contributed by atoms with Gasteiger partial charge in [-0.1, -0.05) is 0 Å². The average molecular weight is 295 g/mol. The van der Waals surface area contributed by atoms with Gasteiger partial charge < -0.3 is 9.80 Å². The summed E-state index contributed by atoms with van der Waals surface area (Å²) in [7, 11) is 4.10. The highest BCUT2D eigenvalue weighted by atomic mass is 16.6. The lowest BCUT2D eigenvalue weighted by atomic mass is 10.0. The molecule has 1 fully saturated rings. The number of nitrogens with two attached hydrogens (primary N) is 1. The van der Waals surface area contributed by atoms with Crippen LogP contribution in [0.5, 0.6) is 0 Å². The lowest BCUT2D eigenvalue weighted by Crippen LogP contribution is -2.42. The van der Waals surface area contributed by atoms with Gasteiger partial charge >= 0.3 is 5.69 Å². The molecule has 9 nitrogen and oxygen atoms in total. The molecular formula is C12H21N7O2. The molecule has 0 radical (unpaired) electrons. The largest absolute Gasteiger partial charge is 0.351 e. The van der Waals surface area contributed by atoms with E-state index in [0.29, 0.717) is 17.6 Å². The van der Waals surface area contributed by atoms with E-state index in [2.05, 4.69) is 20.3 Å². The normalized spacial score (nSPS) is 16.3. The van der Waals surface area contributed by atoms with Gasteiger partial charge in [0.1, 0.15) is 5.69 Å². The summed E-state index contributed by atoms with van der Waals surface area (Å²) < 4.78 is 0. The Morgan fingerprint density at radius 1 is 1.38 bits per heavy atom. The van der Waals surface area contributed by atoms with Gasteiger partial charge in [-0.15, -0.1) is 0 Å². The van der Waals surface area contributed by atoms with Crippen molar-refractivity contribution in [2.45, 2.75) is 25.8 Å². The van der Waals surface area contributed by atoms with Crippen LogP contribution >= 0.6 is 0 Å². The number of hydrogen-bond acceptors (Lipinski definition) is 8. The quantitative estimate of drug-likeness (QED) is 0.469. The van der Waals surface area contributed by atoms with Crippen LogP contribution in [0.3, 0.4) is 0 Å². The molecule has 0 aliphatic carbocycles. The van der Waals surface area contributed by atoms with Crippen LogP contribution in [0.4, 0.5) is 17.5 Å². The molecule has 1 aromatic rings. The second-order valence-electron chi connectivity index (χ2n) is 5.39. The Bertz CT molecular complexity index is 527. The van der Waals surface area contributed by atoms with E-state index in [1.54, 1.807) is 6.92 Å². The van der Waals surface area contributed by atoms with Crippen LogP contribution in [0.2, 0.25) is 0 Å². The summed E-state index contributed by atoms with van der Waals surface area (Å²) in [5.41, 5.74) is 2.63. The van der Waals surface area contributed by atoms with Crippen molar-refractivity contribution in [3.05, 3.63) is 15.8 Å². The summed E-state index contributed by atoms with van der Waals surface area (Å²) in [6, 6.07) is 0.496. The van der Waals surface area contributed by atoms with Crippen molar-refractivity contribution >= 4 is 17.5 Å². The van der Waals surface area contributed by atoms with Gasteiger partial charge in [0.2, 0.25) is 11.8 Å². The molecule has 0 atom stereocenters. The molecule has 0 amide bonds. The number of anilines is 2. The molecule has 0 saturated carbocycles. The number of nitrogen functional groups attached to an aromatic ring is 1. The van der Waals surface area contributed by atoms with E-state index in [0.717, 1.165) is 25.9 Å². The molecule has 0 bridgehead atoms. The molecule has 1 aliphatic heterocycles. The number of rotatable bonds is 4. The van der Waals surface area contributed by atoms with Crippen molar-refractivity contribution in [1.82, 2.24) is 14.9 Å². The molecule has 1 saturated heterocycles. The van der Waals surface area contributed by atoms with Gasteiger partial charge in [-0.25, -0.2) is 10.8 Å². The molecular weight excluding hydrogens is 274 g/mol. The lowest BCUT2D eigenvalue weighted by Gasteiger charge is -2.35. The van der Waals surface area contributed by atoms with Crippen LogP contribution < -0.4 is 16.2 Å². The van der Waals surface area contributed by atoms with Gasteiger partial charge in [-0.05, 0) is 33.9 Å². The SMILES string of the molecule is Cc1nc(NN)nc(N2CCC(N(C)C)CC2)c1[N+](=O)[O-]. The van der Waals surface area contributed by atoms with Crippen LogP contribution in [-0.2, 0) is 0 Å². The Kier molecular flexibility index (Phi) is 4.53. The molecule has 21 heavy (non-hydrogen) atoms. The van der Waals surface area contributed by atoms with Gasteiger partial charge in [0, 0.05) is 19.1 Å². The maximum Gasteiger partial charge on any atom is 0.332 e. The summed E-state index contributed by atoms with van der Waals surface area (Å²) >= 11 is 0. The number of nitrogens with one attached hydrogen (secondary N) is 1. The molecule has 2 rings (SSSR count). The topological polar surface area (TPSA) is 113 Å². The highest BCUT2D eigenvalue weighted by Crippen LogP contribution is 2.31. The van der Waals surface area contributed by atoms with E-state index < -0.39 is 4.92 Å². The van der Waals surface area contributed by atoms with Crippen molar-refractivity contribution < 1.29 is 4.92 Å². The first-order valence-corrected chi connectivity index (χ1v) is 6.85. The number of nitro groups is 1. The fourth-order valence-corrected chi connectivity index (χ4v) is 2.64. The first-order valence-electron chi connectivity index (χ1n) is 6.85. The van der Waals surface area contributed by atoms with Gasteiger partial charge in [0.25, 0.3) is 0 Å². The summed E-state index contributed by atoms with van der Waals surface area (Å²) in [4.78, 5) is 23.2. The smallest absolute Gasteiger partial charge is 0.332 e. The molecule has 3 N–H and O–H groups in total. The highest BCUT2D eigenvalue weighted by Gasteiger charge is 2.29. The summed E-state index contributed by atoms with van der Waals surface area (Å²) in [5.74, 6) is 5.88. The predicted octanol–water partition coefficient (Wildman–Crippen LogP) is 0.509. The number of aryl methyl sites for hydroxylation is 1. The minimum atomic E-state index is -0.428. The number of nitrogens with zero attached hydrogens (tertiary/aromatic N) is 5. The van der Waals surface area contributed by atoms with Crippen molar-refractivity contribution in [2.24, 2.45) is 5.84 Å². The molecule has 1 aliphatic rings. The van der Waals surface area contributed by atoms with Crippen molar-refractivity contribution in [2.75, 3.05) is 37.5 Å². The third-order valence-electron chi connectivity index (χ3n) is 3.85. The average Bonchev–Trinajstić information content (AvgIpc) is 2.45. The number of piperidine rings is 1. The van der Waals surface area contributed by atoms with Crippen LogP contribution in [-0.4, -0.2) is 53.0 Å². The van der Waals surface area contributed by atoms with E-state index in [-0.39, 0.29) is 11.6 Å². The van der Waals surface area contributed by atoms with Crippen LogP contribution in [0.1, 0.15) is 18.5 Å². The summed E-state index contributed by atoms with van der Waals surface area (Å²) in [6.07, 6.45) is 1.89. The lowest BCUT2D eigenvalue weighted by molar-refractivity contribution is -0.385. The van der Waals surface area contributed by atoms with E-state index in [1.165, 1.54) is 0 Å². The standard InChI is InChI=1S/C12H21N7O2/c1-8-10(19(20)21)11(15-12(14-8)16-13)18-6-4-9(5-7-18)17(2)3/h9H,4-7,13H2,1-3H3,(H,14,15,16). The Morgan fingerprint density at radius 2 is 2.00 bits per heavy atom. The van der Waals surface area contributed by atoms with E-state index in [4.69, 9.17) is 5.84 Å². The second-order valence-corrected chi connectivity index (χ2v) is 5.39. The van der Waals surface area contributed by atoms with Gasteiger partial charge in [-0.3, -0.25) is 15.5 Å². The third kappa shape index (κ3) is 3.19. The van der Waals surface area contributed by atoms with Gasteiger partial charge in [0.05, 0.1) is 4.92 Å². The Hall–Kier alpha value is -2.00. The number of hydrazine groups is 1. The van der Waals surface area contributed by atoms with Crippen LogP contribution in [0, 0.1) is 17.0 Å². The van der Waals surface area contributed by atoms with E-state index in [9.17, 15) is 10.1 Å². The van der Waals surface area contributed by atoms with Gasteiger partial charge in [0.15, 0.2) is 0 Å². The third-order valence-corrected chi connectivity index (χ3v) is 3.85. The molecule has 116 valence electrons. The first-order chi connectivity index (χ1) is 9.93. The van der Waals surface area contributed by atoms with E-state index >= 15 is 0 Å². The minimum Gasteiger partial charge on any atom is -0.351 e. The summed E-state index contributed by atoms with van der Waals surface area (Å²) in [5, 5.41) is 11.3. The summed E-state index contributed by atoms with van der Waals surface area (Å²) in [6.45, 7) is 3.05.